The second-order valence-corrected chi connectivity index (χ2v) is 8.76. The fourth-order valence-electron chi connectivity index (χ4n) is 3.44. The standard InChI is InChI=1S/C27H25NO3S/c1-20-9-11-23(12-10-20)19-31-24-15-13-22(14-16-24)18-25-26(29)28(27(30)32-25)17-5-8-21-6-3-2-4-7-21/h2-4,6-7,9-16,18H,5,8,17,19H2,1H3/b25-18+. The van der Waals surface area contributed by atoms with Crippen LogP contribution in [0.3, 0.4) is 0 Å². The van der Waals surface area contributed by atoms with Crippen molar-refractivity contribution in [1.82, 2.24) is 4.90 Å². The van der Waals surface area contributed by atoms with Crippen molar-refractivity contribution in [2.75, 3.05) is 6.54 Å². The molecule has 0 saturated carbocycles. The molecule has 2 amide bonds. The Hall–Kier alpha value is -3.31. The van der Waals surface area contributed by atoms with Crippen molar-refractivity contribution in [3.05, 3.63) is 106 Å². The molecular formula is C27H25NO3S. The number of imide groups is 1. The summed E-state index contributed by atoms with van der Waals surface area (Å²) in [5.74, 6) is 0.546. The van der Waals surface area contributed by atoms with E-state index in [0.29, 0.717) is 18.1 Å². The van der Waals surface area contributed by atoms with Gasteiger partial charge in [0.25, 0.3) is 11.1 Å². The first-order chi connectivity index (χ1) is 15.6. The first kappa shape index (κ1) is 21.9. The Morgan fingerprint density at radius 2 is 1.59 bits per heavy atom. The molecule has 0 unspecified atom stereocenters. The summed E-state index contributed by atoms with van der Waals surface area (Å²) < 4.78 is 5.84. The van der Waals surface area contributed by atoms with Gasteiger partial charge in [-0.1, -0.05) is 72.3 Å². The number of nitrogens with zero attached hydrogens (tertiary/aromatic N) is 1. The maximum absolute atomic E-state index is 12.7. The Labute approximate surface area is 192 Å². The van der Waals surface area contributed by atoms with Crippen molar-refractivity contribution in [3.63, 3.8) is 0 Å². The number of amides is 2. The molecule has 1 fully saturated rings. The van der Waals surface area contributed by atoms with E-state index in [4.69, 9.17) is 4.74 Å². The Balaban J connectivity index is 1.32. The molecule has 4 rings (SSSR count). The molecule has 32 heavy (non-hydrogen) atoms. The topological polar surface area (TPSA) is 46.6 Å². The van der Waals surface area contributed by atoms with E-state index in [9.17, 15) is 9.59 Å². The molecule has 0 radical (unpaired) electrons. The summed E-state index contributed by atoms with van der Waals surface area (Å²) >= 11 is 1.00. The predicted octanol–water partition coefficient (Wildman–Crippen LogP) is 6.24. The Kier molecular flexibility index (Phi) is 7.07. The van der Waals surface area contributed by atoms with Crippen LogP contribution in [-0.4, -0.2) is 22.6 Å². The van der Waals surface area contributed by atoms with E-state index in [-0.39, 0.29) is 11.1 Å². The molecule has 0 aliphatic carbocycles. The summed E-state index contributed by atoms with van der Waals surface area (Å²) in [6.45, 7) is 2.99. The third-order valence-electron chi connectivity index (χ3n) is 5.27. The molecule has 0 N–H and O–H groups in total. The number of carbonyl (C=O) groups excluding carboxylic acids is 2. The number of aryl methyl sites for hydroxylation is 2. The lowest BCUT2D eigenvalue weighted by molar-refractivity contribution is -0.122. The van der Waals surface area contributed by atoms with Crippen molar-refractivity contribution >= 4 is 29.0 Å². The minimum absolute atomic E-state index is 0.202. The number of rotatable bonds is 8. The maximum atomic E-state index is 12.7. The summed E-state index contributed by atoms with van der Waals surface area (Å²) in [5.41, 5.74) is 4.40. The molecule has 1 saturated heterocycles. The fraction of sp³-hybridized carbons (Fsp3) is 0.185. The lowest BCUT2D eigenvalue weighted by Gasteiger charge is -2.12. The molecule has 1 heterocycles. The van der Waals surface area contributed by atoms with Crippen LogP contribution in [-0.2, 0) is 17.8 Å². The van der Waals surface area contributed by atoms with Crippen LogP contribution in [0.4, 0.5) is 4.79 Å². The van der Waals surface area contributed by atoms with E-state index < -0.39 is 0 Å². The smallest absolute Gasteiger partial charge is 0.293 e. The molecule has 1 aliphatic heterocycles. The van der Waals surface area contributed by atoms with Gasteiger partial charge in [-0.05, 0) is 66.4 Å². The average Bonchev–Trinajstić information content (AvgIpc) is 3.08. The highest BCUT2D eigenvalue weighted by molar-refractivity contribution is 8.18. The molecule has 0 atom stereocenters. The average molecular weight is 444 g/mol. The summed E-state index contributed by atoms with van der Waals surface area (Å²) in [6, 6.07) is 25.9. The molecule has 0 spiro atoms. The van der Waals surface area contributed by atoms with E-state index in [0.717, 1.165) is 41.5 Å². The van der Waals surface area contributed by atoms with Gasteiger partial charge >= 0.3 is 0 Å². The van der Waals surface area contributed by atoms with Crippen LogP contribution in [0.25, 0.3) is 6.08 Å². The van der Waals surface area contributed by atoms with E-state index in [1.165, 1.54) is 16.0 Å². The monoisotopic (exact) mass is 443 g/mol. The van der Waals surface area contributed by atoms with Gasteiger partial charge in [-0.3, -0.25) is 14.5 Å². The normalized spacial score (nSPS) is 14.9. The predicted molar refractivity (Wildman–Crippen MR) is 129 cm³/mol. The first-order valence-corrected chi connectivity index (χ1v) is 11.5. The van der Waals surface area contributed by atoms with Crippen LogP contribution in [0, 0.1) is 6.92 Å². The minimum atomic E-state index is -0.215. The summed E-state index contributed by atoms with van der Waals surface area (Å²) in [7, 11) is 0. The van der Waals surface area contributed by atoms with Crippen molar-refractivity contribution in [2.24, 2.45) is 0 Å². The molecule has 3 aromatic carbocycles. The van der Waals surface area contributed by atoms with Crippen LogP contribution in [0.15, 0.2) is 83.8 Å². The van der Waals surface area contributed by atoms with Gasteiger partial charge < -0.3 is 4.74 Å². The molecular weight excluding hydrogens is 418 g/mol. The van der Waals surface area contributed by atoms with Gasteiger partial charge in [0, 0.05) is 6.54 Å². The van der Waals surface area contributed by atoms with Gasteiger partial charge in [0.2, 0.25) is 0 Å². The quantitative estimate of drug-likeness (QED) is 0.387. The van der Waals surface area contributed by atoms with E-state index in [1.54, 1.807) is 6.08 Å². The molecule has 3 aromatic rings. The van der Waals surface area contributed by atoms with Crippen LogP contribution >= 0.6 is 11.8 Å². The number of hydrogen-bond acceptors (Lipinski definition) is 4. The van der Waals surface area contributed by atoms with Gasteiger partial charge in [-0.25, -0.2) is 0 Å². The highest BCUT2D eigenvalue weighted by atomic mass is 32.2. The molecule has 0 bridgehead atoms. The van der Waals surface area contributed by atoms with E-state index in [1.807, 2.05) is 42.5 Å². The number of thioether (sulfide) groups is 1. The van der Waals surface area contributed by atoms with Crippen molar-refractivity contribution in [1.29, 1.82) is 0 Å². The number of benzene rings is 3. The lowest BCUT2D eigenvalue weighted by atomic mass is 10.1. The van der Waals surface area contributed by atoms with Crippen LogP contribution < -0.4 is 4.74 Å². The van der Waals surface area contributed by atoms with Crippen molar-refractivity contribution in [2.45, 2.75) is 26.4 Å². The maximum Gasteiger partial charge on any atom is 0.293 e. The van der Waals surface area contributed by atoms with Crippen LogP contribution in [0.2, 0.25) is 0 Å². The highest BCUT2D eigenvalue weighted by Crippen LogP contribution is 2.32. The van der Waals surface area contributed by atoms with Gasteiger partial charge in [-0.15, -0.1) is 0 Å². The zero-order valence-electron chi connectivity index (χ0n) is 18.0. The van der Waals surface area contributed by atoms with Gasteiger partial charge in [0.05, 0.1) is 4.91 Å². The fourth-order valence-corrected chi connectivity index (χ4v) is 4.31. The largest absolute Gasteiger partial charge is 0.489 e. The molecule has 4 nitrogen and oxygen atoms in total. The molecule has 162 valence electrons. The van der Waals surface area contributed by atoms with Crippen LogP contribution in [0.1, 0.15) is 28.7 Å². The first-order valence-electron chi connectivity index (χ1n) is 10.7. The molecule has 5 heteroatoms. The Morgan fingerprint density at radius 1 is 0.875 bits per heavy atom. The van der Waals surface area contributed by atoms with E-state index >= 15 is 0 Å². The highest BCUT2D eigenvalue weighted by Gasteiger charge is 2.34. The number of carbonyl (C=O) groups is 2. The molecule has 0 aromatic heterocycles. The van der Waals surface area contributed by atoms with E-state index in [2.05, 4.69) is 43.3 Å². The second kappa shape index (κ2) is 10.3. The summed E-state index contributed by atoms with van der Waals surface area (Å²) in [6.07, 6.45) is 3.36. The SMILES string of the molecule is Cc1ccc(COc2ccc(/C=C3/SC(=O)N(CCCc4ccccc4)C3=O)cc2)cc1. The van der Waals surface area contributed by atoms with Crippen molar-refractivity contribution in [3.8, 4) is 5.75 Å². The van der Waals surface area contributed by atoms with Gasteiger partial charge in [-0.2, -0.15) is 0 Å². The summed E-state index contributed by atoms with van der Waals surface area (Å²) in [5, 5.41) is -0.202. The van der Waals surface area contributed by atoms with Crippen LogP contribution in [0.5, 0.6) is 5.75 Å². The van der Waals surface area contributed by atoms with Gasteiger partial charge in [0.15, 0.2) is 0 Å². The Bertz CT molecular complexity index is 1110. The number of hydrogen-bond donors (Lipinski definition) is 0. The number of ether oxygens (including phenoxy) is 1. The minimum Gasteiger partial charge on any atom is -0.489 e. The lowest BCUT2D eigenvalue weighted by Crippen LogP contribution is -2.29. The Morgan fingerprint density at radius 3 is 2.31 bits per heavy atom. The molecule has 1 aliphatic rings. The van der Waals surface area contributed by atoms with Gasteiger partial charge in [0.1, 0.15) is 12.4 Å². The second-order valence-electron chi connectivity index (χ2n) is 7.77. The third kappa shape index (κ3) is 5.68. The zero-order valence-corrected chi connectivity index (χ0v) is 18.8. The van der Waals surface area contributed by atoms with Crippen molar-refractivity contribution < 1.29 is 14.3 Å². The summed E-state index contributed by atoms with van der Waals surface area (Å²) in [4.78, 5) is 26.8. The zero-order chi connectivity index (χ0) is 22.3. The third-order valence-corrected chi connectivity index (χ3v) is 6.17.